The van der Waals surface area contributed by atoms with E-state index in [9.17, 15) is 0 Å². The Hall–Kier alpha value is -6.03. The number of pyridine rings is 1. The number of rotatable bonds is 6. The Bertz CT molecular complexity index is 2540. The molecule has 0 amide bonds. The SMILES string of the molecule is c1ccc(-c2ccc(-c3ccc(N(c4ccc5c(c4)sc4c6cccnc6ccc54)c4ccccc4-c4ccccc4)cc3)cc2)cc1. The molecule has 7 aromatic carbocycles. The minimum absolute atomic E-state index is 1.03. The van der Waals surface area contributed by atoms with Gasteiger partial charge in [-0.1, -0.05) is 127 Å². The predicted molar refractivity (Wildman–Crippen MR) is 206 cm³/mol. The summed E-state index contributed by atoms with van der Waals surface area (Å²) in [6.45, 7) is 0. The molecule has 0 atom stereocenters. The molecule has 9 rings (SSSR count). The lowest BCUT2D eigenvalue weighted by Gasteiger charge is -2.28. The first-order chi connectivity index (χ1) is 23.8. The number of anilines is 3. The van der Waals surface area contributed by atoms with E-state index in [1.807, 2.05) is 23.6 Å². The molecule has 48 heavy (non-hydrogen) atoms. The summed E-state index contributed by atoms with van der Waals surface area (Å²) in [6.07, 6.45) is 1.87. The van der Waals surface area contributed by atoms with Crippen LogP contribution in [0.4, 0.5) is 17.1 Å². The van der Waals surface area contributed by atoms with E-state index in [1.54, 1.807) is 0 Å². The molecule has 2 aromatic heterocycles. The third-order valence-electron chi connectivity index (χ3n) is 9.14. The van der Waals surface area contributed by atoms with Crippen molar-refractivity contribution in [1.82, 2.24) is 4.98 Å². The van der Waals surface area contributed by atoms with E-state index in [0.29, 0.717) is 0 Å². The summed E-state index contributed by atoms with van der Waals surface area (Å²) < 4.78 is 2.54. The van der Waals surface area contributed by atoms with Gasteiger partial charge in [0.2, 0.25) is 0 Å². The zero-order chi connectivity index (χ0) is 31.9. The van der Waals surface area contributed by atoms with Crippen LogP contribution in [-0.2, 0) is 0 Å². The summed E-state index contributed by atoms with van der Waals surface area (Å²) in [7, 11) is 0. The molecule has 2 heterocycles. The van der Waals surface area contributed by atoms with E-state index in [1.165, 1.54) is 58.9 Å². The smallest absolute Gasteiger partial charge is 0.0716 e. The van der Waals surface area contributed by atoms with E-state index in [2.05, 4.69) is 180 Å². The summed E-state index contributed by atoms with van der Waals surface area (Å²) >= 11 is 1.85. The number of benzene rings is 7. The fourth-order valence-electron chi connectivity index (χ4n) is 6.76. The van der Waals surface area contributed by atoms with Gasteiger partial charge in [0.05, 0.1) is 11.2 Å². The second-order valence-corrected chi connectivity index (χ2v) is 13.1. The van der Waals surface area contributed by atoms with Crippen LogP contribution in [0.5, 0.6) is 0 Å². The fraction of sp³-hybridized carbons (Fsp3) is 0. The maximum absolute atomic E-state index is 4.61. The topological polar surface area (TPSA) is 16.1 Å². The lowest BCUT2D eigenvalue weighted by atomic mass is 9.99. The summed E-state index contributed by atoms with van der Waals surface area (Å²) in [4.78, 5) is 7.01. The Morgan fingerprint density at radius 1 is 0.417 bits per heavy atom. The average molecular weight is 631 g/mol. The first-order valence-corrected chi connectivity index (χ1v) is 17.0. The highest BCUT2D eigenvalue weighted by molar-refractivity contribution is 7.26. The highest BCUT2D eigenvalue weighted by atomic mass is 32.1. The largest absolute Gasteiger partial charge is 0.310 e. The van der Waals surface area contributed by atoms with Gasteiger partial charge in [0, 0.05) is 48.7 Å². The molecule has 0 saturated heterocycles. The van der Waals surface area contributed by atoms with Gasteiger partial charge in [-0.25, -0.2) is 0 Å². The van der Waals surface area contributed by atoms with Gasteiger partial charge in [0.15, 0.2) is 0 Å². The molecule has 0 aliphatic rings. The van der Waals surface area contributed by atoms with E-state index in [4.69, 9.17) is 0 Å². The standard InChI is InChI=1S/C45H30N2S/c1-3-10-31(11-4-1)32-17-19-33(20-18-32)34-21-23-36(24-22-34)47(43-16-8-7-14-38(43)35-12-5-2-6-13-35)37-25-26-39-40-27-28-42-41(15-9-29-46-42)45(40)48-44(39)30-37/h1-30H. The summed E-state index contributed by atoms with van der Waals surface area (Å²) in [5.74, 6) is 0. The van der Waals surface area contributed by atoms with Crippen LogP contribution in [0.3, 0.4) is 0 Å². The van der Waals surface area contributed by atoms with Gasteiger partial charge in [-0.15, -0.1) is 11.3 Å². The van der Waals surface area contributed by atoms with Crippen LogP contribution in [-0.4, -0.2) is 4.98 Å². The van der Waals surface area contributed by atoms with Crippen molar-refractivity contribution in [3.05, 3.63) is 182 Å². The minimum Gasteiger partial charge on any atom is -0.310 e. The lowest BCUT2D eigenvalue weighted by Crippen LogP contribution is -2.11. The van der Waals surface area contributed by atoms with Crippen LogP contribution in [0.1, 0.15) is 0 Å². The molecule has 0 spiro atoms. The van der Waals surface area contributed by atoms with E-state index < -0.39 is 0 Å². The van der Waals surface area contributed by atoms with Crippen molar-refractivity contribution in [2.75, 3.05) is 4.90 Å². The van der Waals surface area contributed by atoms with E-state index in [0.717, 1.165) is 22.6 Å². The fourth-order valence-corrected chi connectivity index (χ4v) is 8.02. The number of nitrogens with zero attached hydrogens (tertiary/aromatic N) is 2. The van der Waals surface area contributed by atoms with Crippen molar-refractivity contribution in [3.8, 4) is 33.4 Å². The van der Waals surface area contributed by atoms with Crippen molar-refractivity contribution in [2.45, 2.75) is 0 Å². The third kappa shape index (κ3) is 5.02. The quantitative estimate of drug-likeness (QED) is 0.182. The van der Waals surface area contributed by atoms with Gasteiger partial charge in [0.1, 0.15) is 0 Å². The highest BCUT2D eigenvalue weighted by Gasteiger charge is 2.19. The maximum Gasteiger partial charge on any atom is 0.0716 e. The molecular formula is C45H30N2S. The number of thiophene rings is 1. The molecule has 0 fully saturated rings. The van der Waals surface area contributed by atoms with Crippen molar-refractivity contribution in [2.24, 2.45) is 0 Å². The number of hydrogen-bond acceptors (Lipinski definition) is 3. The number of para-hydroxylation sites is 1. The van der Waals surface area contributed by atoms with Crippen LogP contribution in [0.15, 0.2) is 182 Å². The molecule has 0 N–H and O–H groups in total. The molecular weight excluding hydrogens is 601 g/mol. The molecule has 2 nitrogen and oxygen atoms in total. The average Bonchev–Trinajstić information content (AvgIpc) is 3.55. The van der Waals surface area contributed by atoms with Gasteiger partial charge in [-0.3, -0.25) is 4.98 Å². The molecule has 0 bridgehead atoms. The summed E-state index contributed by atoms with van der Waals surface area (Å²) in [5.41, 5.74) is 11.6. The van der Waals surface area contributed by atoms with Crippen LogP contribution in [0.2, 0.25) is 0 Å². The van der Waals surface area contributed by atoms with Crippen molar-refractivity contribution >= 4 is 59.5 Å². The number of fused-ring (bicyclic) bond motifs is 5. The van der Waals surface area contributed by atoms with E-state index in [-0.39, 0.29) is 0 Å². The minimum atomic E-state index is 1.03. The zero-order valence-corrected chi connectivity index (χ0v) is 26.9. The molecule has 226 valence electrons. The molecule has 0 aliphatic carbocycles. The van der Waals surface area contributed by atoms with Crippen LogP contribution in [0.25, 0.3) is 64.5 Å². The molecule has 9 aromatic rings. The van der Waals surface area contributed by atoms with Crippen LogP contribution >= 0.6 is 11.3 Å². The highest BCUT2D eigenvalue weighted by Crippen LogP contribution is 2.45. The molecule has 3 heteroatoms. The first kappa shape index (κ1) is 28.2. The molecule has 0 unspecified atom stereocenters. The Morgan fingerprint density at radius 3 is 1.73 bits per heavy atom. The van der Waals surface area contributed by atoms with Crippen molar-refractivity contribution in [1.29, 1.82) is 0 Å². The maximum atomic E-state index is 4.61. The zero-order valence-electron chi connectivity index (χ0n) is 26.1. The first-order valence-electron chi connectivity index (χ1n) is 16.2. The van der Waals surface area contributed by atoms with Crippen LogP contribution < -0.4 is 4.90 Å². The summed E-state index contributed by atoms with van der Waals surface area (Å²) in [6, 6.07) is 63.2. The Morgan fingerprint density at radius 2 is 1.00 bits per heavy atom. The molecule has 0 aliphatic heterocycles. The number of hydrogen-bond donors (Lipinski definition) is 0. The second kappa shape index (κ2) is 12.0. The van der Waals surface area contributed by atoms with Gasteiger partial charge < -0.3 is 4.90 Å². The Balaban J connectivity index is 1.17. The lowest BCUT2D eigenvalue weighted by molar-refractivity contribution is 1.29. The van der Waals surface area contributed by atoms with Gasteiger partial charge in [-0.05, 0) is 76.3 Å². The van der Waals surface area contributed by atoms with Gasteiger partial charge in [0.25, 0.3) is 0 Å². The Kier molecular flexibility index (Phi) is 7.03. The van der Waals surface area contributed by atoms with Crippen molar-refractivity contribution < 1.29 is 0 Å². The van der Waals surface area contributed by atoms with E-state index >= 15 is 0 Å². The molecule has 0 radical (unpaired) electrons. The second-order valence-electron chi connectivity index (χ2n) is 12.0. The predicted octanol–water partition coefficient (Wildman–Crippen LogP) is 13.1. The Labute approximate surface area is 283 Å². The third-order valence-corrected chi connectivity index (χ3v) is 10.3. The molecule has 0 saturated carbocycles. The van der Waals surface area contributed by atoms with Crippen molar-refractivity contribution in [3.63, 3.8) is 0 Å². The number of aromatic nitrogens is 1. The monoisotopic (exact) mass is 630 g/mol. The normalized spacial score (nSPS) is 11.3. The van der Waals surface area contributed by atoms with Crippen LogP contribution in [0, 0.1) is 0 Å². The van der Waals surface area contributed by atoms with Gasteiger partial charge >= 0.3 is 0 Å². The summed E-state index contributed by atoms with van der Waals surface area (Å²) in [5, 5.41) is 3.76. The van der Waals surface area contributed by atoms with Gasteiger partial charge in [-0.2, -0.15) is 0 Å².